The topological polar surface area (TPSA) is 70.7 Å². The summed E-state index contributed by atoms with van der Waals surface area (Å²) in [6, 6.07) is 15.0. The van der Waals surface area contributed by atoms with Crippen LogP contribution in [0.2, 0.25) is 5.02 Å². The maximum absolute atomic E-state index is 12.8. The Kier molecular flexibility index (Phi) is 4.68. The van der Waals surface area contributed by atoms with Gasteiger partial charge in [0.05, 0.1) is 22.8 Å². The summed E-state index contributed by atoms with van der Waals surface area (Å²) in [5.41, 5.74) is 3.43. The highest BCUT2D eigenvalue weighted by molar-refractivity contribution is 7.17. The van der Waals surface area contributed by atoms with Gasteiger partial charge in [-0.05, 0) is 38.1 Å². The molecule has 0 saturated heterocycles. The van der Waals surface area contributed by atoms with Crippen molar-refractivity contribution in [3.05, 3.63) is 69.9 Å². The van der Waals surface area contributed by atoms with E-state index < -0.39 is 0 Å². The van der Waals surface area contributed by atoms with Gasteiger partial charge < -0.3 is 10.3 Å². The van der Waals surface area contributed by atoms with Gasteiger partial charge in [-0.15, -0.1) is 11.3 Å². The van der Waals surface area contributed by atoms with Crippen LogP contribution in [0.3, 0.4) is 0 Å². The van der Waals surface area contributed by atoms with Crippen molar-refractivity contribution in [1.29, 1.82) is 0 Å². The number of rotatable bonds is 4. The van der Waals surface area contributed by atoms with Crippen LogP contribution in [-0.2, 0) is 0 Å². The fourth-order valence-electron chi connectivity index (χ4n) is 2.86. The van der Waals surface area contributed by atoms with Gasteiger partial charge in [0, 0.05) is 10.6 Å². The summed E-state index contributed by atoms with van der Waals surface area (Å²) >= 11 is 7.42. The van der Waals surface area contributed by atoms with Crippen LogP contribution in [0.1, 0.15) is 34.2 Å². The number of aromatic nitrogens is 3. The van der Waals surface area contributed by atoms with E-state index in [-0.39, 0.29) is 11.9 Å². The number of aromatic amines is 1. The number of thiazole rings is 1. The van der Waals surface area contributed by atoms with Crippen molar-refractivity contribution in [2.45, 2.75) is 19.9 Å². The zero-order chi connectivity index (χ0) is 19.0. The second kappa shape index (κ2) is 7.13. The van der Waals surface area contributed by atoms with E-state index in [0.717, 1.165) is 27.4 Å². The SMILES string of the molecule is Cc1nc(-c2cccc(Cl)c2)sc1C(=O)N[C@@H](C)c1nc2ccccc2[nH]1. The number of aryl methyl sites for hydroxylation is 1. The summed E-state index contributed by atoms with van der Waals surface area (Å²) in [6.07, 6.45) is 0. The number of fused-ring (bicyclic) bond motifs is 1. The van der Waals surface area contributed by atoms with Crippen molar-refractivity contribution in [3.63, 3.8) is 0 Å². The smallest absolute Gasteiger partial charge is 0.263 e. The Hall–Kier alpha value is -2.70. The molecule has 0 aliphatic rings. The standard InChI is InChI=1S/C20H17ClN4OS/c1-11-17(27-20(23-11)13-6-5-7-14(21)10-13)19(26)22-12(2)18-24-15-8-3-4-9-16(15)25-18/h3-10,12H,1-2H3,(H,22,26)(H,24,25)/t12-/m0/s1. The predicted molar refractivity (Wildman–Crippen MR) is 109 cm³/mol. The van der Waals surface area contributed by atoms with Crippen LogP contribution in [0.4, 0.5) is 0 Å². The first kappa shape index (κ1) is 17.7. The Morgan fingerprint density at radius 2 is 2.00 bits per heavy atom. The number of benzene rings is 2. The number of imidazole rings is 1. The molecule has 5 nitrogen and oxygen atoms in total. The summed E-state index contributed by atoms with van der Waals surface area (Å²) in [5, 5.41) is 4.42. The molecule has 2 heterocycles. The molecule has 136 valence electrons. The van der Waals surface area contributed by atoms with E-state index in [1.807, 2.05) is 62.4 Å². The van der Waals surface area contributed by atoms with Gasteiger partial charge in [-0.1, -0.05) is 35.9 Å². The molecule has 1 atom stereocenters. The number of para-hydroxylation sites is 2. The fourth-order valence-corrected chi connectivity index (χ4v) is 4.02. The Morgan fingerprint density at radius 3 is 2.78 bits per heavy atom. The number of amides is 1. The van der Waals surface area contributed by atoms with E-state index >= 15 is 0 Å². The largest absolute Gasteiger partial charge is 0.342 e. The average molecular weight is 397 g/mol. The van der Waals surface area contributed by atoms with Gasteiger partial charge in [-0.2, -0.15) is 0 Å². The highest BCUT2D eigenvalue weighted by Crippen LogP contribution is 2.29. The van der Waals surface area contributed by atoms with Gasteiger partial charge in [0.25, 0.3) is 5.91 Å². The van der Waals surface area contributed by atoms with Crippen molar-refractivity contribution >= 4 is 39.9 Å². The van der Waals surface area contributed by atoms with Crippen LogP contribution >= 0.6 is 22.9 Å². The van der Waals surface area contributed by atoms with E-state index in [9.17, 15) is 4.79 Å². The molecule has 0 radical (unpaired) electrons. The maximum atomic E-state index is 12.8. The minimum Gasteiger partial charge on any atom is -0.342 e. The van der Waals surface area contributed by atoms with Crippen LogP contribution in [0.5, 0.6) is 0 Å². The maximum Gasteiger partial charge on any atom is 0.263 e. The Bertz CT molecular complexity index is 1100. The molecule has 2 aromatic carbocycles. The van der Waals surface area contributed by atoms with Gasteiger partial charge >= 0.3 is 0 Å². The summed E-state index contributed by atoms with van der Waals surface area (Å²) in [4.78, 5) is 25.7. The van der Waals surface area contributed by atoms with E-state index in [0.29, 0.717) is 15.6 Å². The number of H-pyrrole nitrogens is 1. The van der Waals surface area contributed by atoms with Crippen LogP contribution in [-0.4, -0.2) is 20.9 Å². The van der Waals surface area contributed by atoms with Gasteiger partial charge in [0.1, 0.15) is 15.7 Å². The van der Waals surface area contributed by atoms with Crippen molar-refractivity contribution in [2.24, 2.45) is 0 Å². The number of hydrogen-bond acceptors (Lipinski definition) is 4. The van der Waals surface area contributed by atoms with Crippen molar-refractivity contribution in [2.75, 3.05) is 0 Å². The van der Waals surface area contributed by atoms with E-state index in [1.54, 1.807) is 0 Å². The zero-order valence-electron chi connectivity index (χ0n) is 14.8. The summed E-state index contributed by atoms with van der Waals surface area (Å²) in [7, 11) is 0. The first-order valence-electron chi connectivity index (χ1n) is 8.50. The highest BCUT2D eigenvalue weighted by Gasteiger charge is 2.20. The molecule has 2 N–H and O–H groups in total. The predicted octanol–water partition coefficient (Wildman–Crippen LogP) is 5.14. The van der Waals surface area contributed by atoms with Gasteiger partial charge in [-0.3, -0.25) is 4.79 Å². The molecular weight excluding hydrogens is 380 g/mol. The first-order valence-corrected chi connectivity index (χ1v) is 9.69. The number of hydrogen-bond donors (Lipinski definition) is 2. The number of halogens is 1. The summed E-state index contributed by atoms with van der Waals surface area (Å²) in [5.74, 6) is 0.563. The number of nitrogens with zero attached hydrogens (tertiary/aromatic N) is 2. The molecule has 0 aliphatic heterocycles. The van der Waals surface area contributed by atoms with Gasteiger partial charge in [-0.25, -0.2) is 9.97 Å². The van der Waals surface area contributed by atoms with E-state index in [4.69, 9.17) is 11.6 Å². The third kappa shape index (κ3) is 3.59. The quantitative estimate of drug-likeness (QED) is 0.501. The molecule has 27 heavy (non-hydrogen) atoms. The van der Waals surface area contributed by atoms with Crippen molar-refractivity contribution in [1.82, 2.24) is 20.3 Å². The Morgan fingerprint density at radius 1 is 1.19 bits per heavy atom. The monoisotopic (exact) mass is 396 g/mol. The van der Waals surface area contributed by atoms with Crippen molar-refractivity contribution in [3.8, 4) is 10.6 Å². The molecular formula is C20H17ClN4OS. The second-order valence-corrected chi connectivity index (χ2v) is 7.71. The molecule has 2 aromatic heterocycles. The van der Waals surface area contributed by atoms with Crippen LogP contribution < -0.4 is 5.32 Å². The van der Waals surface area contributed by atoms with E-state index in [1.165, 1.54) is 11.3 Å². The Labute approximate surface area is 165 Å². The third-order valence-electron chi connectivity index (χ3n) is 4.24. The summed E-state index contributed by atoms with van der Waals surface area (Å²) < 4.78 is 0. The minimum atomic E-state index is -0.249. The molecule has 0 fully saturated rings. The number of carbonyl (C=O) groups excluding carboxylic acids is 1. The molecule has 4 rings (SSSR count). The van der Waals surface area contributed by atoms with Gasteiger partial charge in [0.15, 0.2) is 0 Å². The molecule has 0 bridgehead atoms. The number of nitrogens with one attached hydrogen (secondary N) is 2. The molecule has 0 aliphatic carbocycles. The van der Waals surface area contributed by atoms with Crippen molar-refractivity contribution < 1.29 is 4.79 Å². The first-order chi connectivity index (χ1) is 13.0. The van der Waals surface area contributed by atoms with Gasteiger partial charge in [0.2, 0.25) is 0 Å². The zero-order valence-corrected chi connectivity index (χ0v) is 16.4. The molecule has 0 saturated carbocycles. The Balaban J connectivity index is 1.56. The second-order valence-electron chi connectivity index (χ2n) is 6.28. The third-order valence-corrected chi connectivity index (χ3v) is 5.68. The van der Waals surface area contributed by atoms with Crippen LogP contribution in [0, 0.1) is 6.92 Å². The molecule has 4 aromatic rings. The lowest BCUT2D eigenvalue weighted by molar-refractivity contribution is 0.0941. The molecule has 1 amide bonds. The summed E-state index contributed by atoms with van der Waals surface area (Å²) in [6.45, 7) is 3.75. The lowest BCUT2D eigenvalue weighted by Crippen LogP contribution is -2.27. The normalized spacial score (nSPS) is 12.3. The fraction of sp³-hybridized carbons (Fsp3) is 0.150. The minimum absolute atomic E-state index is 0.161. The van der Waals surface area contributed by atoms with E-state index in [2.05, 4.69) is 20.3 Å². The molecule has 0 unspecified atom stereocenters. The highest BCUT2D eigenvalue weighted by atomic mass is 35.5. The molecule has 0 spiro atoms. The van der Waals surface area contributed by atoms with Crippen LogP contribution in [0.25, 0.3) is 21.6 Å². The average Bonchev–Trinajstić information content (AvgIpc) is 3.25. The lowest BCUT2D eigenvalue weighted by Gasteiger charge is -2.10. The number of carbonyl (C=O) groups is 1. The van der Waals surface area contributed by atoms with Crippen LogP contribution in [0.15, 0.2) is 48.5 Å². The molecule has 7 heteroatoms. The lowest BCUT2D eigenvalue weighted by atomic mass is 10.2.